The largest absolute Gasteiger partial charge is 0.345 e. The van der Waals surface area contributed by atoms with E-state index in [4.69, 9.17) is 0 Å². The Hall–Kier alpha value is -3.07. The molecule has 1 aromatic carbocycles. The Morgan fingerprint density at radius 3 is 2.68 bits per heavy atom. The van der Waals surface area contributed by atoms with E-state index in [1.165, 1.54) is 23.5 Å². The van der Waals surface area contributed by atoms with Gasteiger partial charge in [0.05, 0.1) is 17.6 Å². The van der Waals surface area contributed by atoms with E-state index in [0.717, 1.165) is 11.2 Å². The number of carbonyl (C=O) groups excluding carboxylic acids is 1. The summed E-state index contributed by atoms with van der Waals surface area (Å²) in [6, 6.07) is 7.43. The van der Waals surface area contributed by atoms with Crippen LogP contribution in [0.4, 0.5) is 24.4 Å². The van der Waals surface area contributed by atoms with Crippen molar-refractivity contribution >= 4 is 28.2 Å². The minimum Gasteiger partial charge on any atom is -0.345 e. The number of halogens is 2. The summed E-state index contributed by atoms with van der Waals surface area (Å²) in [7, 11) is 0. The first-order valence-corrected chi connectivity index (χ1v) is 9.60. The summed E-state index contributed by atoms with van der Waals surface area (Å²) in [5.74, 6) is -1.78. The predicted molar refractivity (Wildman–Crippen MR) is 105 cm³/mol. The molecule has 0 unspecified atom stereocenters. The van der Waals surface area contributed by atoms with E-state index in [9.17, 15) is 13.6 Å². The molecule has 0 aliphatic carbocycles. The van der Waals surface area contributed by atoms with Crippen LogP contribution >= 0.6 is 11.3 Å². The van der Waals surface area contributed by atoms with E-state index in [2.05, 4.69) is 15.3 Å². The molecule has 1 aliphatic heterocycles. The van der Waals surface area contributed by atoms with Crippen molar-refractivity contribution in [3.63, 3.8) is 0 Å². The molecule has 0 bridgehead atoms. The second-order valence-corrected chi connectivity index (χ2v) is 7.10. The van der Waals surface area contributed by atoms with Crippen molar-refractivity contribution in [2.75, 3.05) is 36.4 Å². The summed E-state index contributed by atoms with van der Waals surface area (Å²) >= 11 is 1.38. The third kappa shape index (κ3) is 3.79. The Morgan fingerprint density at radius 1 is 1.11 bits per heavy atom. The van der Waals surface area contributed by atoms with Gasteiger partial charge in [0, 0.05) is 43.3 Å². The number of hydrogen-bond acceptors (Lipinski definition) is 5. The number of pyridine rings is 1. The summed E-state index contributed by atoms with van der Waals surface area (Å²) in [5.41, 5.74) is 1.21. The maximum Gasteiger partial charge on any atom is 0.322 e. The van der Waals surface area contributed by atoms with Gasteiger partial charge in [-0.15, -0.1) is 11.3 Å². The molecule has 2 aromatic heterocycles. The fourth-order valence-electron chi connectivity index (χ4n) is 2.97. The van der Waals surface area contributed by atoms with E-state index in [1.54, 1.807) is 34.8 Å². The van der Waals surface area contributed by atoms with Crippen molar-refractivity contribution < 1.29 is 13.6 Å². The lowest BCUT2D eigenvalue weighted by Gasteiger charge is -2.34. The Bertz CT molecular complexity index is 973. The Morgan fingerprint density at radius 2 is 1.93 bits per heavy atom. The fourth-order valence-corrected chi connectivity index (χ4v) is 3.85. The smallest absolute Gasteiger partial charge is 0.322 e. The molecular formula is C19H17F2N5OS. The number of aromatic nitrogens is 2. The van der Waals surface area contributed by atoms with E-state index >= 15 is 0 Å². The van der Waals surface area contributed by atoms with Gasteiger partial charge in [0.2, 0.25) is 0 Å². The normalized spacial score (nSPS) is 14.2. The summed E-state index contributed by atoms with van der Waals surface area (Å²) in [4.78, 5) is 24.5. The van der Waals surface area contributed by atoms with Crippen LogP contribution in [-0.2, 0) is 0 Å². The number of nitrogens with one attached hydrogen (secondary N) is 1. The molecule has 0 atom stereocenters. The van der Waals surface area contributed by atoms with E-state index in [0.29, 0.717) is 37.6 Å². The highest BCUT2D eigenvalue weighted by molar-refractivity contribution is 7.14. The molecule has 1 N–H and O–H groups in total. The number of benzene rings is 1. The first-order valence-electron chi connectivity index (χ1n) is 8.72. The first kappa shape index (κ1) is 18.3. The van der Waals surface area contributed by atoms with Crippen LogP contribution in [0.5, 0.6) is 0 Å². The van der Waals surface area contributed by atoms with Crippen LogP contribution < -0.4 is 10.2 Å². The topological polar surface area (TPSA) is 61.4 Å². The lowest BCUT2D eigenvalue weighted by atomic mass is 10.1. The average molecular weight is 401 g/mol. The van der Waals surface area contributed by atoms with Crippen molar-refractivity contribution in [1.82, 2.24) is 14.9 Å². The first-order chi connectivity index (χ1) is 13.6. The lowest BCUT2D eigenvalue weighted by molar-refractivity contribution is 0.208. The molecule has 9 heteroatoms. The number of piperazine rings is 1. The van der Waals surface area contributed by atoms with Gasteiger partial charge < -0.3 is 15.1 Å². The van der Waals surface area contributed by atoms with Gasteiger partial charge in [-0.2, -0.15) is 0 Å². The monoisotopic (exact) mass is 401 g/mol. The molecule has 2 amide bonds. The highest BCUT2D eigenvalue weighted by Crippen LogP contribution is 2.30. The van der Waals surface area contributed by atoms with E-state index in [-0.39, 0.29) is 11.6 Å². The number of urea groups is 1. The van der Waals surface area contributed by atoms with Gasteiger partial charge in [-0.1, -0.05) is 6.07 Å². The second kappa shape index (κ2) is 7.89. The zero-order valence-corrected chi connectivity index (χ0v) is 15.6. The minimum atomic E-state index is -0.892. The van der Waals surface area contributed by atoms with Crippen molar-refractivity contribution in [2.45, 2.75) is 0 Å². The third-order valence-electron chi connectivity index (χ3n) is 4.47. The predicted octanol–water partition coefficient (Wildman–Crippen LogP) is 3.84. The summed E-state index contributed by atoms with van der Waals surface area (Å²) in [6.45, 7) is 2.29. The quantitative estimate of drug-likeness (QED) is 0.725. The lowest BCUT2D eigenvalue weighted by Crippen LogP contribution is -2.50. The number of amides is 2. The molecule has 28 heavy (non-hydrogen) atoms. The van der Waals surface area contributed by atoms with Crippen LogP contribution in [-0.4, -0.2) is 47.1 Å². The van der Waals surface area contributed by atoms with Crippen LogP contribution in [0.2, 0.25) is 0 Å². The number of rotatable bonds is 3. The maximum absolute atomic E-state index is 14.0. The summed E-state index contributed by atoms with van der Waals surface area (Å²) < 4.78 is 27.4. The van der Waals surface area contributed by atoms with Gasteiger partial charge in [0.25, 0.3) is 0 Å². The molecule has 0 radical (unpaired) electrons. The fraction of sp³-hybridized carbons (Fsp3) is 0.211. The minimum absolute atomic E-state index is 0.150. The Kier molecular flexibility index (Phi) is 5.16. The maximum atomic E-state index is 14.0. The molecule has 4 rings (SSSR count). The second-order valence-electron chi connectivity index (χ2n) is 6.26. The summed E-state index contributed by atoms with van der Waals surface area (Å²) in [6.07, 6.45) is 3.24. The molecule has 1 aliphatic rings. The van der Waals surface area contributed by atoms with Crippen molar-refractivity contribution in [2.24, 2.45) is 0 Å². The number of nitrogens with zero attached hydrogens (tertiary/aromatic N) is 4. The third-order valence-corrected chi connectivity index (χ3v) is 5.37. The molecule has 144 valence electrons. The van der Waals surface area contributed by atoms with E-state index in [1.807, 2.05) is 4.90 Å². The molecule has 0 spiro atoms. The van der Waals surface area contributed by atoms with Gasteiger partial charge in [-0.3, -0.25) is 4.98 Å². The zero-order chi connectivity index (χ0) is 19.5. The Labute approximate surface area is 164 Å². The molecule has 6 nitrogen and oxygen atoms in total. The molecule has 3 aromatic rings. The summed E-state index contributed by atoms with van der Waals surface area (Å²) in [5, 5.41) is 5.26. The Balaban J connectivity index is 1.38. The van der Waals surface area contributed by atoms with Crippen LogP contribution in [0.3, 0.4) is 0 Å². The van der Waals surface area contributed by atoms with Gasteiger partial charge in [0.15, 0.2) is 16.8 Å². The standard InChI is InChI=1S/C19H17F2N5OS/c20-15-5-1-4-14(17(15)21)16-12-28-19(24-16)26-9-7-25(8-10-26)18(27)23-13-3-2-6-22-11-13/h1-6,11-12H,7-10H2,(H,23,27). The number of anilines is 2. The number of thiazole rings is 1. The van der Waals surface area contributed by atoms with Crippen LogP contribution in [0.15, 0.2) is 48.1 Å². The van der Waals surface area contributed by atoms with Crippen LogP contribution in [0, 0.1) is 11.6 Å². The number of carbonyl (C=O) groups is 1. The molecule has 0 saturated carbocycles. The highest BCUT2D eigenvalue weighted by atomic mass is 32.1. The van der Waals surface area contributed by atoms with Gasteiger partial charge >= 0.3 is 6.03 Å². The van der Waals surface area contributed by atoms with Gasteiger partial charge in [-0.05, 0) is 24.3 Å². The van der Waals surface area contributed by atoms with Gasteiger partial charge in [0.1, 0.15) is 0 Å². The van der Waals surface area contributed by atoms with Crippen LogP contribution in [0.25, 0.3) is 11.3 Å². The van der Waals surface area contributed by atoms with Crippen LogP contribution in [0.1, 0.15) is 0 Å². The molecule has 3 heterocycles. The molecule has 1 fully saturated rings. The van der Waals surface area contributed by atoms with Gasteiger partial charge in [-0.25, -0.2) is 18.6 Å². The van der Waals surface area contributed by atoms with Crippen molar-refractivity contribution in [3.8, 4) is 11.3 Å². The van der Waals surface area contributed by atoms with Crippen molar-refractivity contribution in [3.05, 3.63) is 59.7 Å². The highest BCUT2D eigenvalue weighted by Gasteiger charge is 2.23. The number of hydrogen-bond donors (Lipinski definition) is 1. The molecular weight excluding hydrogens is 384 g/mol. The molecule has 1 saturated heterocycles. The zero-order valence-electron chi connectivity index (χ0n) is 14.8. The van der Waals surface area contributed by atoms with Crippen molar-refractivity contribution in [1.29, 1.82) is 0 Å². The SMILES string of the molecule is O=C(Nc1cccnc1)N1CCN(c2nc(-c3cccc(F)c3F)cs2)CC1. The van der Waals surface area contributed by atoms with E-state index < -0.39 is 11.6 Å². The average Bonchev–Trinajstić information content (AvgIpc) is 3.21.